The van der Waals surface area contributed by atoms with Crippen molar-refractivity contribution in [1.82, 2.24) is 30.2 Å². The van der Waals surface area contributed by atoms with E-state index in [4.69, 9.17) is 9.47 Å². The van der Waals surface area contributed by atoms with Crippen molar-refractivity contribution in [2.45, 2.75) is 37.9 Å². The number of hydrogen-bond donors (Lipinski definition) is 0. The van der Waals surface area contributed by atoms with Crippen LogP contribution >= 0.6 is 47.5 Å². The Hall–Kier alpha value is -2.46. The lowest BCUT2D eigenvalue weighted by Crippen LogP contribution is -2.61. The number of nitrogens with zero attached hydrogens (tertiary/aromatic N) is 6. The van der Waals surface area contributed by atoms with Crippen LogP contribution < -0.4 is 9.47 Å². The first-order valence-electron chi connectivity index (χ1n) is 16.3. The van der Waals surface area contributed by atoms with Gasteiger partial charge in [0.1, 0.15) is 12.2 Å². The number of rotatable bonds is 6. The summed E-state index contributed by atoms with van der Waals surface area (Å²) in [5.74, 6) is 4.58. The fourth-order valence-electron chi connectivity index (χ4n) is 9.25. The van der Waals surface area contributed by atoms with Crippen LogP contribution in [0.3, 0.4) is 0 Å². The van der Waals surface area contributed by atoms with Gasteiger partial charge in [-0.25, -0.2) is 0 Å². The van der Waals surface area contributed by atoms with Crippen LogP contribution in [0, 0.1) is 35.5 Å². The first kappa shape index (κ1) is 39.3. The first-order valence-corrected chi connectivity index (χ1v) is 17.9. The molecule has 4 unspecified atom stereocenters. The molecule has 15 heteroatoms. The van der Waals surface area contributed by atoms with E-state index in [1.54, 1.807) is 22.7 Å². The van der Waals surface area contributed by atoms with E-state index >= 15 is 0 Å². The number of halogens is 2. The van der Waals surface area contributed by atoms with Gasteiger partial charge in [-0.3, -0.25) is 0 Å². The molecule has 8 fully saturated rings. The summed E-state index contributed by atoms with van der Waals surface area (Å²) in [6.45, 7) is 7.47. The summed E-state index contributed by atoms with van der Waals surface area (Å²) in [5.41, 5.74) is 2.23. The van der Waals surface area contributed by atoms with E-state index in [0.29, 0.717) is 35.9 Å². The number of piperidine rings is 6. The van der Waals surface area contributed by atoms with E-state index in [9.17, 15) is 0 Å². The largest absolute Gasteiger partial charge is 0.465 e. The lowest BCUT2D eigenvalue weighted by Gasteiger charge is -2.55. The standard InChI is InChI=1S/2C17H19N3OS.2ClH.3H2O/c2*1-2-4-12(5-3-1)16-18-19-17(22-16)21-15-13-6-11-7-14(15)10-20(8-11)9-13;;;;;/h2*1-5,11,13-15H,6-10H2;2*1H;3*1H2. The molecule has 49 heavy (non-hydrogen) atoms. The molecule has 0 amide bonds. The molecule has 8 aliphatic rings. The van der Waals surface area contributed by atoms with Crippen LogP contribution in [0.5, 0.6) is 10.4 Å². The van der Waals surface area contributed by atoms with Gasteiger partial charge in [-0.2, -0.15) is 0 Å². The zero-order valence-electron chi connectivity index (χ0n) is 27.1. The average molecular weight is 754 g/mol. The van der Waals surface area contributed by atoms with Gasteiger partial charge in [-0.05, 0) is 37.5 Å². The summed E-state index contributed by atoms with van der Waals surface area (Å²) in [7, 11) is 0. The maximum Gasteiger partial charge on any atom is 0.294 e. The molecule has 2 aliphatic carbocycles. The second kappa shape index (κ2) is 16.7. The predicted octanol–water partition coefficient (Wildman–Crippen LogP) is 4.22. The van der Waals surface area contributed by atoms with E-state index < -0.39 is 0 Å². The van der Waals surface area contributed by atoms with Crippen LogP contribution in [-0.2, 0) is 0 Å². The van der Waals surface area contributed by atoms with Gasteiger partial charge in [0.25, 0.3) is 10.4 Å². The Kier molecular flexibility index (Phi) is 13.4. The van der Waals surface area contributed by atoms with Crippen molar-refractivity contribution < 1.29 is 25.9 Å². The molecule has 2 aromatic carbocycles. The van der Waals surface area contributed by atoms with Crippen LogP contribution in [0.1, 0.15) is 25.7 Å². The number of benzene rings is 2. The molecule has 2 aromatic heterocycles. The summed E-state index contributed by atoms with van der Waals surface area (Å²) in [6.07, 6.45) is 6.04. The normalized spacial score (nSPS) is 32.1. The Labute approximate surface area is 307 Å². The van der Waals surface area contributed by atoms with Crippen LogP contribution in [0.2, 0.25) is 0 Å². The SMILES string of the molecule is Cl.Cl.O.O.O.c1ccc(-c2nnc(OC3C4CC5CC3CN(C5)C4)s2)cc1.c1ccc(-c2nnc(OC3C4CC5CC3CN(C5)C4)s2)cc1. The molecule has 268 valence electrons. The molecule has 4 aromatic rings. The second-order valence-electron chi connectivity index (χ2n) is 13.8. The topological polar surface area (TPSA) is 171 Å². The van der Waals surface area contributed by atoms with Gasteiger partial charge in [0.15, 0.2) is 10.0 Å². The Balaban J connectivity index is 0.000000200. The lowest BCUT2D eigenvalue weighted by molar-refractivity contribution is -0.0986. The molecule has 0 spiro atoms. The quantitative estimate of drug-likeness (QED) is 0.282. The Bertz CT molecular complexity index is 1430. The molecule has 6 saturated heterocycles. The highest BCUT2D eigenvalue weighted by atomic mass is 35.5. The summed E-state index contributed by atoms with van der Waals surface area (Å²) >= 11 is 3.14. The third kappa shape index (κ3) is 8.05. The first-order chi connectivity index (χ1) is 21.7. The van der Waals surface area contributed by atoms with Crippen LogP contribution in [0.15, 0.2) is 60.7 Å². The maximum absolute atomic E-state index is 6.31. The van der Waals surface area contributed by atoms with Crippen molar-refractivity contribution in [3.05, 3.63) is 60.7 Å². The number of hydrogen-bond acceptors (Lipinski definition) is 10. The minimum absolute atomic E-state index is 0. The van der Waals surface area contributed by atoms with Gasteiger partial charge in [0, 0.05) is 74.1 Å². The smallest absolute Gasteiger partial charge is 0.294 e. The highest BCUT2D eigenvalue weighted by molar-refractivity contribution is 7.16. The number of aromatic nitrogens is 4. The molecule has 6 N–H and O–H groups in total. The van der Waals surface area contributed by atoms with Crippen LogP contribution in [0.25, 0.3) is 21.1 Å². The second-order valence-corrected chi connectivity index (χ2v) is 15.7. The highest BCUT2D eigenvalue weighted by Gasteiger charge is 2.50. The van der Waals surface area contributed by atoms with Crippen molar-refractivity contribution >= 4 is 47.5 Å². The van der Waals surface area contributed by atoms with Gasteiger partial charge in [0.05, 0.1) is 0 Å². The Morgan fingerprint density at radius 1 is 0.490 bits per heavy atom. The maximum atomic E-state index is 6.31. The zero-order valence-corrected chi connectivity index (χ0v) is 30.4. The van der Waals surface area contributed by atoms with Crippen molar-refractivity contribution in [2.24, 2.45) is 35.5 Å². The summed E-state index contributed by atoms with van der Waals surface area (Å²) in [5, 5.41) is 20.5. The van der Waals surface area contributed by atoms with Crippen LogP contribution in [-0.4, -0.2) is 98.1 Å². The van der Waals surface area contributed by atoms with Gasteiger partial charge < -0.3 is 35.7 Å². The fraction of sp³-hybridized carbons (Fsp3) is 0.529. The molecule has 2 saturated carbocycles. The van der Waals surface area contributed by atoms with E-state index in [1.807, 2.05) is 36.4 Å². The molecule has 4 atom stereocenters. The molecule has 12 rings (SSSR count). The van der Waals surface area contributed by atoms with Crippen molar-refractivity contribution in [3.8, 4) is 31.5 Å². The summed E-state index contributed by atoms with van der Waals surface area (Å²) in [4.78, 5) is 5.25. The van der Waals surface area contributed by atoms with Gasteiger partial charge in [0.2, 0.25) is 0 Å². The highest BCUT2D eigenvalue weighted by Crippen LogP contribution is 2.46. The minimum Gasteiger partial charge on any atom is -0.465 e. The Morgan fingerprint density at radius 2 is 0.837 bits per heavy atom. The third-order valence-corrected chi connectivity index (χ3v) is 12.5. The molecule has 8 bridgehead atoms. The van der Waals surface area contributed by atoms with E-state index in [2.05, 4.69) is 54.5 Å². The molecule has 8 heterocycles. The monoisotopic (exact) mass is 752 g/mol. The summed E-state index contributed by atoms with van der Waals surface area (Å²) in [6, 6.07) is 20.4. The van der Waals surface area contributed by atoms with Crippen LogP contribution in [0.4, 0.5) is 0 Å². The van der Waals surface area contributed by atoms with Crippen molar-refractivity contribution in [2.75, 3.05) is 39.3 Å². The molecular formula is C34H46Cl2N6O5S2. The van der Waals surface area contributed by atoms with Gasteiger partial charge in [-0.15, -0.1) is 35.0 Å². The fourth-order valence-corrected chi connectivity index (χ4v) is 10.7. The van der Waals surface area contributed by atoms with Gasteiger partial charge >= 0.3 is 0 Å². The third-order valence-electron chi connectivity index (χ3n) is 10.7. The number of ether oxygens (including phenoxy) is 2. The molecule has 6 aliphatic heterocycles. The average Bonchev–Trinajstić information content (AvgIpc) is 3.72. The van der Waals surface area contributed by atoms with Gasteiger partial charge in [-0.1, -0.05) is 93.5 Å². The van der Waals surface area contributed by atoms with Crippen molar-refractivity contribution in [1.29, 1.82) is 0 Å². The Morgan fingerprint density at radius 3 is 1.16 bits per heavy atom. The molecule has 11 nitrogen and oxygen atoms in total. The molecule has 0 radical (unpaired) electrons. The zero-order chi connectivity index (χ0) is 29.0. The van der Waals surface area contributed by atoms with E-state index in [-0.39, 0.29) is 41.2 Å². The lowest BCUT2D eigenvalue weighted by atomic mass is 9.66. The van der Waals surface area contributed by atoms with E-state index in [0.717, 1.165) is 43.4 Å². The predicted molar refractivity (Wildman–Crippen MR) is 197 cm³/mol. The molecular weight excluding hydrogens is 707 g/mol. The summed E-state index contributed by atoms with van der Waals surface area (Å²) < 4.78 is 12.6. The van der Waals surface area contributed by atoms with E-state index in [1.165, 1.54) is 65.0 Å². The minimum atomic E-state index is 0. The van der Waals surface area contributed by atoms with Crippen molar-refractivity contribution in [3.63, 3.8) is 0 Å².